The lowest BCUT2D eigenvalue weighted by Gasteiger charge is -2.01. The second-order valence-corrected chi connectivity index (χ2v) is 5.31. The standard InChI is InChI=1S/C10H13BrO2S/c1-3-5-7-6-8(11)14-9(7)10(12)13-4-2/h6H,3-5H2,1-2H3. The van der Waals surface area contributed by atoms with Gasteiger partial charge in [-0.3, -0.25) is 0 Å². The fraction of sp³-hybridized carbons (Fsp3) is 0.500. The smallest absolute Gasteiger partial charge is 0.348 e. The van der Waals surface area contributed by atoms with Crippen molar-refractivity contribution in [2.24, 2.45) is 0 Å². The number of hydrogen-bond acceptors (Lipinski definition) is 3. The van der Waals surface area contributed by atoms with Gasteiger partial charge in [0, 0.05) is 0 Å². The minimum atomic E-state index is -0.202. The summed E-state index contributed by atoms with van der Waals surface area (Å²) in [4.78, 5) is 12.3. The van der Waals surface area contributed by atoms with Crippen LogP contribution in [0, 0.1) is 0 Å². The number of rotatable bonds is 4. The molecule has 1 aromatic heterocycles. The van der Waals surface area contributed by atoms with Crippen LogP contribution in [0.5, 0.6) is 0 Å². The number of halogens is 1. The highest BCUT2D eigenvalue weighted by Crippen LogP contribution is 2.28. The third-order valence-corrected chi connectivity index (χ3v) is 3.42. The molecule has 0 radical (unpaired) electrons. The van der Waals surface area contributed by atoms with Gasteiger partial charge in [-0.2, -0.15) is 0 Å². The minimum absolute atomic E-state index is 0.202. The average molecular weight is 277 g/mol. The minimum Gasteiger partial charge on any atom is -0.462 e. The molecule has 0 N–H and O–H groups in total. The zero-order chi connectivity index (χ0) is 10.6. The molecule has 0 atom stereocenters. The van der Waals surface area contributed by atoms with Crippen molar-refractivity contribution in [1.29, 1.82) is 0 Å². The Bertz CT molecular complexity index is 320. The molecular weight excluding hydrogens is 264 g/mol. The van der Waals surface area contributed by atoms with E-state index in [1.807, 2.05) is 13.0 Å². The summed E-state index contributed by atoms with van der Waals surface area (Å²) in [5.41, 5.74) is 1.09. The second kappa shape index (κ2) is 5.51. The molecule has 0 unspecified atom stereocenters. The predicted molar refractivity (Wildman–Crippen MR) is 62.0 cm³/mol. The predicted octanol–water partition coefficient (Wildman–Crippen LogP) is 3.64. The Morgan fingerprint density at radius 1 is 1.57 bits per heavy atom. The Morgan fingerprint density at radius 2 is 2.29 bits per heavy atom. The summed E-state index contributed by atoms with van der Waals surface area (Å²) in [6.45, 7) is 4.35. The molecule has 1 heterocycles. The highest BCUT2D eigenvalue weighted by atomic mass is 79.9. The first kappa shape index (κ1) is 11.7. The Kier molecular flexibility index (Phi) is 4.62. The van der Waals surface area contributed by atoms with Gasteiger partial charge in [-0.05, 0) is 40.9 Å². The first-order valence-electron chi connectivity index (χ1n) is 4.64. The van der Waals surface area contributed by atoms with Crippen molar-refractivity contribution in [3.8, 4) is 0 Å². The van der Waals surface area contributed by atoms with Gasteiger partial charge < -0.3 is 4.74 Å². The van der Waals surface area contributed by atoms with E-state index in [-0.39, 0.29) is 5.97 Å². The maximum atomic E-state index is 11.5. The van der Waals surface area contributed by atoms with E-state index in [4.69, 9.17) is 4.74 Å². The van der Waals surface area contributed by atoms with Crippen molar-refractivity contribution in [2.45, 2.75) is 26.7 Å². The van der Waals surface area contributed by atoms with Gasteiger partial charge in [-0.25, -0.2) is 4.79 Å². The third kappa shape index (κ3) is 2.82. The molecule has 0 aliphatic rings. The Balaban J connectivity index is 2.88. The van der Waals surface area contributed by atoms with Gasteiger partial charge in [0.25, 0.3) is 0 Å². The van der Waals surface area contributed by atoms with Crippen molar-refractivity contribution in [1.82, 2.24) is 0 Å². The monoisotopic (exact) mass is 276 g/mol. The van der Waals surface area contributed by atoms with Crippen LogP contribution in [-0.4, -0.2) is 12.6 Å². The maximum absolute atomic E-state index is 11.5. The van der Waals surface area contributed by atoms with E-state index in [2.05, 4.69) is 22.9 Å². The number of carbonyl (C=O) groups excluding carboxylic acids is 1. The van der Waals surface area contributed by atoms with Crippen LogP contribution in [0.2, 0.25) is 0 Å². The first-order valence-corrected chi connectivity index (χ1v) is 6.25. The third-order valence-electron chi connectivity index (χ3n) is 1.76. The van der Waals surface area contributed by atoms with Crippen molar-refractivity contribution >= 4 is 33.2 Å². The fourth-order valence-corrected chi connectivity index (χ4v) is 2.81. The zero-order valence-corrected chi connectivity index (χ0v) is 10.7. The number of esters is 1. The largest absolute Gasteiger partial charge is 0.462 e. The SMILES string of the molecule is CCCc1cc(Br)sc1C(=O)OCC. The normalized spacial score (nSPS) is 10.2. The van der Waals surface area contributed by atoms with Crippen LogP contribution in [0.3, 0.4) is 0 Å². The summed E-state index contributed by atoms with van der Waals surface area (Å²) in [5, 5.41) is 0. The lowest BCUT2D eigenvalue weighted by molar-refractivity contribution is 0.0531. The molecule has 0 fully saturated rings. The second-order valence-electron chi connectivity index (χ2n) is 2.88. The summed E-state index contributed by atoms with van der Waals surface area (Å²) in [5.74, 6) is -0.202. The lowest BCUT2D eigenvalue weighted by atomic mass is 10.1. The fourth-order valence-electron chi connectivity index (χ4n) is 1.22. The molecule has 0 aliphatic carbocycles. The van der Waals surface area contributed by atoms with Gasteiger partial charge in [0.15, 0.2) is 0 Å². The van der Waals surface area contributed by atoms with Gasteiger partial charge in [-0.1, -0.05) is 13.3 Å². The lowest BCUT2D eigenvalue weighted by Crippen LogP contribution is -2.04. The van der Waals surface area contributed by atoms with Gasteiger partial charge in [0.1, 0.15) is 4.88 Å². The van der Waals surface area contributed by atoms with Crippen LogP contribution >= 0.6 is 27.3 Å². The van der Waals surface area contributed by atoms with Crippen LogP contribution < -0.4 is 0 Å². The van der Waals surface area contributed by atoms with E-state index in [0.717, 1.165) is 27.1 Å². The molecule has 78 valence electrons. The summed E-state index contributed by atoms with van der Waals surface area (Å²) >= 11 is 4.83. The molecule has 1 rings (SSSR count). The number of carbonyl (C=O) groups is 1. The van der Waals surface area contributed by atoms with E-state index in [9.17, 15) is 4.79 Å². The Morgan fingerprint density at radius 3 is 2.86 bits per heavy atom. The van der Waals surface area contributed by atoms with Crippen LogP contribution in [0.25, 0.3) is 0 Å². The molecule has 14 heavy (non-hydrogen) atoms. The zero-order valence-electron chi connectivity index (χ0n) is 8.30. The van der Waals surface area contributed by atoms with Crippen molar-refractivity contribution in [3.63, 3.8) is 0 Å². The number of aryl methyl sites for hydroxylation is 1. The van der Waals surface area contributed by atoms with Gasteiger partial charge in [0.2, 0.25) is 0 Å². The molecule has 0 spiro atoms. The van der Waals surface area contributed by atoms with E-state index in [1.54, 1.807) is 0 Å². The number of hydrogen-bond donors (Lipinski definition) is 0. The Hall–Kier alpha value is -0.350. The maximum Gasteiger partial charge on any atom is 0.348 e. The van der Waals surface area contributed by atoms with Crippen molar-refractivity contribution < 1.29 is 9.53 Å². The van der Waals surface area contributed by atoms with Gasteiger partial charge in [-0.15, -0.1) is 11.3 Å². The quantitative estimate of drug-likeness (QED) is 0.785. The molecule has 0 amide bonds. The molecule has 0 aromatic carbocycles. The highest BCUT2D eigenvalue weighted by Gasteiger charge is 2.15. The van der Waals surface area contributed by atoms with Crippen LogP contribution in [0.4, 0.5) is 0 Å². The topological polar surface area (TPSA) is 26.3 Å². The first-order chi connectivity index (χ1) is 6.69. The summed E-state index contributed by atoms with van der Waals surface area (Å²) in [7, 11) is 0. The van der Waals surface area contributed by atoms with Crippen LogP contribution in [0.1, 0.15) is 35.5 Å². The molecule has 0 bridgehead atoms. The molecule has 0 aliphatic heterocycles. The molecule has 0 saturated heterocycles. The molecule has 4 heteroatoms. The molecule has 0 saturated carbocycles. The molecule has 1 aromatic rings. The van der Waals surface area contributed by atoms with Crippen LogP contribution in [-0.2, 0) is 11.2 Å². The van der Waals surface area contributed by atoms with E-state index in [0.29, 0.717) is 6.61 Å². The summed E-state index contributed by atoms with van der Waals surface area (Å²) in [6.07, 6.45) is 1.96. The summed E-state index contributed by atoms with van der Waals surface area (Å²) < 4.78 is 5.97. The number of ether oxygens (including phenoxy) is 1. The summed E-state index contributed by atoms with van der Waals surface area (Å²) in [6, 6.07) is 2.00. The van der Waals surface area contributed by atoms with E-state index >= 15 is 0 Å². The van der Waals surface area contributed by atoms with E-state index < -0.39 is 0 Å². The highest BCUT2D eigenvalue weighted by molar-refractivity contribution is 9.11. The molecule has 2 nitrogen and oxygen atoms in total. The number of thiophene rings is 1. The van der Waals surface area contributed by atoms with Crippen molar-refractivity contribution in [2.75, 3.05) is 6.61 Å². The van der Waals surface area contributed by atoms with Crippen LogP contribution in [0.15, 0.2) is 9.85 Å². The Labute approximate surface area is 96.4 Å². The van der Waals surface area contributed by atoms with Gasteiger partial charge in [0.05, 0.1) is 10.4 Å². The van der Waals surface area contributed by atoms with Gasteiger partial charge >= 0.3 is 5.97 Å². The molecular formula is C10H13BrO2S. The van der Waals surface area contributed by atoms with Crippen molar-refractivity contribution in [3.05, 3.63) is 20.3 Å². The van der Waals surface area contributed by atoms with E-state index in [1.165, 1.54) is 11.3 Å². The average Bonchev–Trinajstić information content (AvgIpc) is 2.48.